The first-order valence-electron chi connectivity index (χ1n) is 7.35. The second-order valence-corrected chi connectivity index (χ2v) is 5.59. The van der Waals surface area contributed by atoms with Gasteiger partial charge in [-0.3, -0.25) is 4.79 Å². The molecule has 1 aliphatic rings. The summed E-state index contributed by atoms with van der Waals surface area (Å²) >= 11 is 0. The monoisotopic (exact) mass is 278 g/mol. The zero-order valence-electron chi connectivity index (χ0n) is 12.2. The van der Waals surface area contributed by atoms with Gasteiger partial charge in [-0.05, 0) is 43.1 Å². The highest BCUT2D eigenvalue weighted by Crippen LogP contribution is 2.20. The Bertz CT molecular complexity index is 442. The van der Waals surface area contributed by atoms with E-state index in [-0.39, 0.29) is 17.6 Å². The summed E-state index contributed by atoms with van der Waals surface area (Å²) in [5, 5.41) is 3.21. The maximum Gasteiger partial charge on any atom is 0.226 e. The number of carbonyl (C=O) groups is 1. The standard InChI is InChI=1S/C16H23FN2O/c1-3-8-19(11-13-4-6-15(17)7-5-13)16(20)12(2)14-9-18-10-14/h4-7,12,14,18H,3,8-11H2,1-2H3. The predicted molar refractivity (Wildman–Crippen MR) is 77.6 cm³/mol. The van der Waals surface area contributed by atoms with Crippen LogP contribution in [-0.4, -0.2) is 30.4 Å². The molecule has 1 amide bonds. The lowest BCUT2D eigenvalue weighted by molar-refractivity contribution is -0.138. The van der Waals surface area contributed by atoms with Crippen LogP contribution < -0.4 is 5.32 Å². The molecule has 0 bridgehead atoms. The topological polar surface area (TPSA) is 32.3 Å². The largest absolute Gasteiger partial charge is 0.338 e. The first kappa shape index (κ1) is 15.0. The number of hydrogen-bond donors (Lipinski definition) is 1. The van der Waals surface area contributed by atoms with Crippen LogP contribution in [0.3, 0.4) is 0 Å². The van der Waals surface area contributed by atoms with Crippen molar-refractivity contribution in [3.8, 4) is 0 Å². The third-order valence-electron chi connectivity index (χ3n) is 4.00. The van der Waals surface area contributed by atoms with Gasteiger partial charge in [0, 0.05) is 19.0 Å². The van der Waals surface area contributed by atoms with Gasteiger partial charge in [0.05, 0.1) is 0 Å². The Balaban J connectivity index is 2.01. The van der Waals surface area contributed by atoms with E-state index in [1.165, 1.54) is 12.1 Å². The van der Waals surface area contributed by atoms with Gasteiger partial charge in [-0.2, -0.15) is 0 Å². The van der Waals surface area contributed by atoms with Crippen LogP contribution in [-0.2, 0) is 11.3 Å². The molecule has 110 valence electrons. The SMILES string of the molecule is CCCN(Cc1ccc(F)cc1)C(=O)C(C)C1CNC1. The quantitative estimate of drug-likeness (QED) is 0.866. The molecule has 1 atom stereocenters. The zero-order chi connectivity index (χ0) is 14.5. The highest BCUT2D eigenvalue weighted by molar-refractivity contribution is 5.79. The van der Waals surface area contributed by atoms with E-state index in [0.29, 0.717) is 12.5 Å². The second-order valence-electron chi connectivity index (χ2n) is 5.59. The third-order valence-corrected chi connectivity index (χ3v) is 4.00. The molecule has 20 heavy (non-hydrogen) atoms. The van der Waals surface area contributed by atoms with Gasteiger partial charge in [-0.25, -0.2) is 4.39 Å². The molecule has 2 rings (SSSR count). The smallest absolute Gasteiger partial charge is 0.226 e. The molecule has 0 aromatic heterocycles. The Morgan fingerprint density at radius 2 is 2.05 bits per heavy atom. The van der Waals surface area contributed by atoms with Crippen molar-refractivity contribution in [1.82, 2.24) is 10.2 Å². The van der Waals surface area contributed by atoms with Crippen LogP contribution in [0.15, 0.2) is 24.3 Å². The van der Waals surface area contributed by atoms with Gasteiger partial charge in [0.2, 0.25) is 5.91 Å². The van der Waals surface area contributed by atoms with Gasteiger partial charge in [-0.15, -0.1) is 0 Å². The molecule has 4 heteroatoms. The lowest BCUT2D eigenvalue weighted by atomic mass is 9.88. The molecule has 0 radical (unpaired) electrons. The van der Waals surface area contributed by atoms with Crippen LogP contribution in [0.5, 0.6) is 0 Å². The molecule has 1 unspecified atom stereocenters. The molecule has 1 aromatic carbocycles. The third kappa shape index (κ3) is 3.57. The van der Waals surface area contributed by atoms with Gasteiger partial charge in [-0.1, -0.05) is 26.0 Å². The fourth-order valence-electron chi connectivity index (χ4n) is 2.50. The average Bonchev–Trinajstić information content (AvgIpc) is 2.38. The summed E-state index contributed by atoms with van der Waals surface area (Å²) in [5.74, 6) is 0.483. The molecule has 0 aliphatic carbocycles. The number of nitrogens with zero attached hydrogens (tertiary/aromatic N) is 1. The van der Waals surface area contributed by atoms with E-state index in [0.717, 1.165) is 31.6 Å². The Hall–Kier alpha value is -1.42. The lowest BCUT2D eigenvalue weighted by Gasteiger charge is -2.35. The molecule has 0 spiro atoms. The molecule has 1 N–H and O–H groups in total. The summed E-state index contributed by atoms with van der Waals surface area (Å²) in [4.78, 5) is 14.5. The van der Waals surface area contributed by atoms with Crippen LogP contribution in [0.2, 0.25) is 0 Å². The maximum absolute atomic E-state index is 12.9. The fourth-order valence-corrected chi connectivity index (χ4v) is 2.50. The lowest BCUT2D eigenvalue weighted by Crippen LogP contribution is -2.50. The molecule has 1 aromatic rings. The molecule has 0 saturated carbocycles. The maximum atomic E-state index is 12.9. The Kier molecular flexibility index (Phi) is 5.12. The summed E-state index contributed by atoms with van der Waals surface area (Å²) in [6, 6.07) is 6.40. The summed E-state index contributed by atoms with van der Waals surface area (Å²) in [7, 11) is 0. The van der Waals surface area contributed by atoms with E-state index >= 15 is 0 Å². The first-order chi connectivity index (χ1) is 9.61. The minimum Gasteiger partial charge on any atom is -0.338 e. The molecule has 1 heterocycles. The van der Waals surface area contributed by atoms with E-state index in [1.54, 1.807) is 12.1 Å². The van der Waals surface area contributed by atoms with Crippen molar-refractivity contribution >= 4 is 5.91 Å². The Morgan fingerprint density at radius 3 is 2.55 bits per heavy atom. The second kappa shape index (κ2) is 6.84. The van der Waals surface area contributed by atoms with E-state index in [1.807, 2.05) is 11.8 Å². The molecular formula is C16H23FN2O. The van der Waals surface area contributed by atoms with Gasteiger partial charge in [0.25, 0.3) is 0 Å². The molecule has 1 aliphatic heterocycles. The van der Waals surface area contributed by atoms with Crippen molar-refractivity contribution in [2.75, 3.05) is 19.6 Å². The predicted octanol–water partition coefficient (Wildman–Crippen LogP) is 2.42. The number of amides is 1. The number of benzene rings is 1. The van der Waals surface area contributed by atoms with Crippen molar-refractivity contribution in [3.63, 3.8) is 0 Å². The number of hydrogen-bond acceptors (Lipinski definition) is 2. The van der Waals surface area contributed by atoms with Gasteiger partial charge in [0.1, 0.15) is 5.82 Å². The number of rotatable bonds is 6. The van der Waals surface area contributed by atoms with Crippen LogP contribution in [0.4, 0.5) is 4.39 Å². The number of nitrogens with one attached hydrogen (secondary N) is 1. The molecule has 1 fully saturated rings. The minimum atomic E-state index is -0.240. The number of halogens is 1. The summed E-state index contributed by atoms with van der Waals surface area (Å²) < 4.78 is 12.9. The van der Waals surface area contributed by atoms with Crippen LogP contribution in [0, 0.1) is 17.7 Å². The normalized spacial score (nSPS) is 16.6. The average molecular weight is 278 g/mol. The summed E-state index contributed by atoms with van der Waals surface area (Å²) in [5.41, 5.74) is 0.979. The van der Waals surface area contributed by atoms with Gasteiger partial charge >= 0.3 is 0 Å². The van der Waals surface area contributed by atoms with E-state index in [4.69, 9.17) is 0 Å². The van der Waals surface area contributed by atoms with Crippen molar-refractivity contribution < 1.29 is 9.18 Å². The van der Waals surface area contributed by atoms with E-state index in [2.05, 4.69) is 12.2 Å². The first-order valence-corrected chi connectivity index (χ1v) is 7.35. The van der Waals surface area contributed by atoms with Crippen molar-refractivity contribution in [1.29, 1.82) is 0 Å². The Morgan fingerprint density at radius 1 is 1.40 bits per heavy atom. The minimum absolute atomic E-state index is 0.0586. The van der Waals surface area contributed by atoms with Crippen LogP contribution in [0.1, 0.15) is 25.8 Å². The van der Waals surface area contributed by atoms with Gasteiger partial charge in [0.15, 0.2) is 0 Å². The molecular weight excluding hydrogens is 255 g/mol. The van der Waals surface area contributed by atoms with Gasteiger partial charge < -0.3 is 10.2 Å². The van der Waals surface area contributed by atoms with E-state index in [9.17, 15) is 9.18 Å². The molecule has 3 nitrogen and oxygen atoms in total. The van der Waals surface area contributed by atoms with Crippen molar-refractivity contribution in [2.24, 2.45) is 11.8 Å². The Labute approximate surface area is 120 Å². The number of carbonyl (C=O) groups excluding carboxylic acids is 1. The highest BCUT2D eigenvalue weighted by Gasteiger charge is 2.31. The molecule has 1 saturated heterocycles. The fraction of sp³-hybridized carbons (Fsp3) is 0.562. The van der Waals surface area contributed by atoms with Crippen molar-refractivity contribution in [3.05, 3.63) is 35.6 Å². The zero-order valence-corrected chi connectivity index (χ0v) is 12.2. The highest BCUT2D eigenvalue weighted by atomic mass is 19.1. The summed E-state index contributed by atoms with van der Waals surface area (Å²) in [6.45, 7) is 7.27. The van der Waals surface area contributed by atoms with Crippen LogP contribution in [0.25, 0.3) is 0 Å². The van der Waals surface area contributed by atoms with E-state index < -0.39 is 0 Å². The van der Waals surface area contributed by atoms with Crippen LogP contribution >= 0.6 is 0 Å². The van der Waals surface area contributed by atoms with Crippen molar-refractivity contribution in [2.45, 2.75) is 26.8 Å². The summed E-state index contributed by atoms with van der Waals surface area (Å²) in [6.07, 6.45) is 0.933.